The van der Waals surface area contributed by atoms with Crippen LogP contribution in [0.15, 0.2) is 18.2 Å². The highest BCUT2D eigenvalue weighted by Crippen LogP contribution is 2.28. The zero-order valence-corrected chi connectivity index (χ0v) is 16.1. The number of ether oxygens (including phenoxy) is 1. The first-order chi connectivity index (χ1) is 12.9. The number of carbonyl (C=O) groups is 2. The summed E-state index contributed by atoms with van der Waals surface area (Å²) in [6.07, 6.45) is 4.90. The molecule has 1 unspecified atom stereocenters. The molecule has 0 aliphatic heterocycles. The first-order valence-corrected chi connectivity index (χ1v) is 9.42. The van der Waals surface area contributed by atoms with Gasteiger partial charge in [0, 0.05) is 17.1 Å². The van der Waals surface area contributed by atoms with E-state index < -0.39 is 24.1 Å². The van der Waals surface area contributed by atoms with Crippen molar-refractivity contribution in [2.45, 2.75) is 50.7 Å². The van der Waals surface area contributed by atoms with Crippen molar-refractivity contribution >= 4 is 29.2 Å². The molecular weight excluding hydrogens is 372 g/mol. The van der Waals surface area contributed by atoms with Crippen molar-refractivity contribution in [3.63, 3.8) is 0 Å². The Morgan fingerprint density at radius 2 is 2.00 bits per heavy atom. The van der Waals surface area contributed by atoms with Gasteiger partial charge in [-0.2, -0.15) is 0 Å². The van der Waals surface area contributed by atoms with Gasteiger partial charge in [0.15, 0.2) is 0 Å². The van der Waals surface area contributed by atoms with Gasteiger partial charge < -0.3 is 20.9 Å². The maximum Gasteiger partial charge on any atom is 0.338 e. The van der Waals surface area contributed by atoms with Crippen LogP contribution in [0.2, 0.25) is 5.02 Å². The molecule has 6 N–H and O–H groups in total. The van der Waals surface area contributed by atoms with Crippen molar-refractivity contribution in [1.82, 2.24) is 10.9 Å². The number of halogens is 1. The van der Waals surface area contributed by atoms with Gasteiger partial charge in [0.25, 0.3) is 5.91 Å². The minimum Gasteiger partial charge on any atom is -0.495 e. The zero-order chi connectivity index (χ0) is 19.8. The summed E-state index contributed by atoms with van der Waals surface area (Å²) >= 11 is 5.86. The second-order valence-electron chi connectivity index (χ2n) is 6.76. The summed E-state index contributed by atoms with van der Waals surface area (Å²) in [6.45, 7) is 0. The highest BCUT2D eigenvalue weighted by molar-refractivity contribution is 6.30. The first-order valence-electron chi connectivity index (χ1n) is 9.04. The predicted molar refractivity (Wildman–Crippen MR) is 103 cm³/mol. The molecule has 0 saturated heterocycles. The highest BCUT2D eigenvalue weighted by Gasteiger charge is 2.26. The van der Waals surface area contributed by atoms with Gasteiger partial charge in [-0.05, 0) is 24.5 Å². The molecule has 27 heavy (non-hydrogen) atoms. The third-order valence-electron chi connectivity index (χ3n) is 4.72. The standard InChI is InChI=1S/C18H27ClN4O4/c1-27-15-10-12(19)7-8-14(15)21-18(26)23-22-17(25)16(24)13(20)9-11-5-3-2-4-6-11/h7-8,10-11,13,16,24H,2-6,9,20H2,1H3,(H,22,25)(H2,21,23,26)/t13-,16?/m1/s1. The maximum absolute atomic E-state index is 12.0. The number of urea groups is 1. The molecule has 3 amide bonds. The lowest BCUT2D eigenvalue weighted by Crippen LogP contribution is -2.53. The second-order valence-corrected chi connectivity index (χ2v) is 7.20. The highest BCUT2D eigenvalue weighted by atomic mass is 35.5. The number of amides is 3. The van der Waals surface area contributed by atoms with E-state index in [9.17, 15) is 14.7 Å². The Morgan fingerprint density at radius 1 is 1.30 bits per heavy atom. The molecular formula is C18H27ClN4O4. The van der Waals surface area contributed by atoms with E-state index in [0.717, 1.165) is 25.7 Å². The maximum atomic E-state index is 12.0. The van der Waals surface area contributed by atoms with Crippen LogP contribution in [0, 0.1) is 5.92 Å². The molecule has 1 saturated carbocycles. The molecule has 0 heterocycles. The number of nitrogens with one attached hydrogen (secondary N) is 3. The molecule has 1 aromatic rings. The largest absolute Gasteiger partial charge is 0.495 e. The van der Waals surface area contributed by atoms with Crippen LogP contribution in [-0.4, -0.2) is 36.3 Å². The van der Waals surface area contributed by atoms with Crippen LogP contribution >= 0.6 is 11.6 Å². The lowest BCUT2D eigenvalue weighted by molar-refractivity contribution is -0.131. The number of benzene rings is 1. The van der Waals surface area contributed by atoms with Crippen molar-refractivity contribution in [1.29, 1.82) is 0 Å². The smallest absolute Gasteiger partial charge is 0.338 e. The van der Waals surface area contributed by atoms with Gasteiger partial charge in [-0.25, -0.2) is 10.2 Å². The number of hydrogen-bond donors (Lipinski definition) is 5. The fraction of sp³-hybridized carbons (Fsp3) is 0.556. The number of aliphatic hydroxyl groups excluding tert-OH is 1. The van der Waals surface area contributed by atoms with E-state index in [2.05, 4.69) is 16.2 Å². The van der Waals surface area contributed by atoms with Crippen LogP contribution in [0.3, 0.4) is 0 Å². The lowest BCUT2D eigenvalue weighted by Gasteiger charge is -2.26. The summed E-state index contributed by atoms with van der Waals surface area (Å²) in [5.74, 6) is 0.0554. The summed E-state index contributed by atoms with van der Waals surface area (Å²) in [6, 6.07) is 3.33. The van der Waals surface area contributed by atoms with Crippen molar-refractivity contribution in [2.24, 2.45) is 11.7 Å². The van der Waals surface area contributed by atoms with Crippen LogP contribution in [-0.2, 0) is 4.79 Å². The van der Waals surface area contributed by atoms with E-state index in [-0.39, 0.29) is 0 Å². The normalized spacial score (nSPS) is 16.9. The summed E-state index contributed by atoms with van der Waals surface area (Å²) in [4.78, 5) is 24.0. The first kappa shape index (κ1) is 21.3. The molecule has 8 nitrogen and oxygen atoms in total. The van der Waals surface area contributed by atoms with Crippen molar-refractivity contribution < 1.29 is 19.4 Å². The number of hydrazine groups is 1. The van der Waals surface area contributed by atoms with Gasteiger partial charge in [0.2, 0.25) is 0 Å². The van der Waals surface area contributed by atoms with Crippen LogP contribution < -0.4 is 26.6 Å². The minimum atomic E-state index is -1.39. The Bertz CT molecular complexity index is 652. The van der Waals surface area contributed by atoms with E-state index in [1.54, 1.807) is 18.2 Å². The van der Waals surface area contributed by atoms with E-state index in [0.29, 0.717) is 28.8 Å². The average Bonchev–Trinajstić information content (AvgIpc) is 2.67. The second kappa shape index (κ2) is 10.3. The quantitative estimate of drug-likeness (QED) is 0.469. The van der Waals surface area contributed by atoms with Gasteiger partial charge in [0.05, 0.1) is 12.8 Å². The van der Waals surface area contributed by atoms with Crippen molar-refractivity contribution in [3.8, 4) is 5.75 Å². The van der Waals surface area contributed by atoms with E-state index in [1.165, 1.54) is 13.5 Å². The molecule has 0 spiro atoms. The van der Waals surface area contributed by atoms with Crippen LogP contribution in [0.25, 0.3) is 0 Å². The number of hydrogen-bond acceptors (Lipinski definition) is 5. The summed E-state index contributed by atoms with van der Waals surface area (Å²) in [5, 5.41) is 13.1. The Balaban J connectivity index is 1.79. The molecule has 0 bridgehead atoms. The molecule has 0 aromatic heterocycles. The van der Waals surface area contributed by atoms with Crippen LogP contribution in [0.4, 0.5) is 10.5 Å². The minimum absolute atomic E-state index is 0.374. The molecule has 1 fully saturated rings. The third kappa shape index (κ3) is 6.57. The van der Waals surface area contributed by atoms with Crippen LogP contribution in [0.1, 0.15) is 38.5 Å². The van der Waals surface area contributed by atoms with Gasteiger partial charge in [-0.3, -0.25) is 10.2 Å². The molecule has 9 heteroatoms. The fourth-order valence-corrected chi connectivity index (χ4v) is 3.41. The number of carbonyl (C=O) groups excluding carboxylic acids is 2. The SMILES string of the molecule is COc1cc(Cl)ccc1NC(=O)NNC(=O)C(O)[C@H](N)CC1CCCCC1. The molecule has 150 valence electrons. The predicted octanol–water partition coefficient (Wildman–Crippen LogP) is 2.16. The molecule has 0 radical (unpaired) electrons. The molecule has 2 rings (SSSR count). The monoisotopic (exact) mass is 398 g/mol. The summed E-state index contributed by atoms with van der Waals surface area (Å²) in [5.41, 5.74) is 10.7. The summed E-state index contributed by atoms with van der Waals surface area (Å²) in [7, 11) is 1.45. The third-order valence-corrected chi connectivity index (χ3v) is 4.95. The molecule has 1 aromatic carbocycles. The van der Waals surface area contributed by atoms with Crippen LogP contribution in [0.5, 0.6) is 5.75 Å². The van der Waals surface area contributed by atoms with E-state index in [1.807, 2.05) is 0 Å². The van der Waals surface area contributed by atoms with E-state index in [4.69, 9.17) is 22.1 Å². The summed E-state index contributed by atoms with van der Waals surface area (Å²) < 4.78 is 5.12. The van der Waals surface area contributed by atoms with E-state index >= 15 is 0 Å². The van der Waals surface area contributed by atoms with Crippen molar-refractivity contribution in [3.05, 3.63) is 23.2 Å². The Morgan fingerprint density at radius 3 is 2.67 bits per heavy atom. The number of anilines is 1. The van der Waals surface area contributed by atoms with Gasteiger partial charge in [0.1, 0.15) is 11.9 Å². The zero-order valence-electron chi connectivity index (χ0n) is 15.3. The lowest BCUT2D eigenvalue weighted by atomic mass is 9.84. The number of aliphatic hydroxyl groups is 1. The molecule has 1 aliphatic carbocycles. The number of methoxy groups -OCH3 is 1. The van der Waals surface area contributed by atoms with Gasteiger partial charge in [-0.1, -0.05) is 43.7 Å². The molecule has 2 atom stereocenters. The van der Waals surface area contributed by atoms with Gasteiger partial charge in [-0.15, -0.1) is 0 Å². The topological polar surface area (TPSA) is 126 Å². The van der Waals surface area contributed by atoms with Crippen molar-refractivity contribution in [2.75, 3.05) is 12.4 Å². The van der Waals surface area contributed by atoms with Gasteiger partial charge >= 0.3 is 6.03 Å². The Kier molecular flexibility index (Phi) is 8.15. The Labute approximate surface area is 163 Å². The number of nitrogens with two attached hydrogens (primary N) is 1. The average molecular weight is 399 g/mol. The molecule has 1 aliphatic rings. The fourth-order valence-electron chi connectivity index (χ4n) is 3.25. The number of rotatable bonds is 6. The Hall–Kier alpha value is -2.03.